The van der Waals surface area contributed by atoms with Gasteiger partial charge in [0.25, 0.3) is 0 Å². The summed E-state index contributed by atoms with van der Waals surface area (Å²) in [4.78, 5) is 15.7. The summed E-state index contributed by atoms with van der Waals surface area (Å²) in [5.74, 6) is 1.32. The number of morpholine rings is 1. The molecule has 1 aliphatic rings. The molecule has 7 nitrogen and oxygen atoms in total. The third kappa shape index (κ3) is 5.40. The fraction of sp³-hybridized carbons (Fsp3) is 0.409. The molecule has 0 unspecified atom stereocenters. The minimum absolute atomic E-state index is 0.0410. The number of hydrogen-bond acceptors (Lipinski definition) is 7. The summed E-state index contributed by atoms with van der Waals surface area (Å²) in [6.07, 6.45) is 5.26. The van der Waals surface area contributed by atoms with Crippen molar-refractivity contribution in [2.45, 2.75) is 12.8 Å². The van der Waals surface area contributed by atoms with Crippen LogP contribution in [0.2, 0.25) is 0 Å². The van der Waals surface area contributed by atoms with Crippen LogP contribution in [0.3, 0.4) is 0 Å². The lowest BCUT2D eigenvalue weighted by Gasteiger charge is -2.26. The van der Waals surface area contributed by atoms with Crippen molar-refractivity contribution in [2.75, 3.05) is 51.4 Å². The highest BCUT2D eigenvalue weighted by molar-refractivity contribution is 5.90. The van der Waals surface area contributed by atoms with Crippen LogP contribution < -0.4 is 10.1 Å². The zero-order valence-electron chi connectivity index (χ0n) is 16.9. The molecule has 8 heteroatoms. The second kappa shape index (κ2) is 10.3. The van der Waals surface area contributed by atoms with Crippen molar-refractivity contribution in [1.29, 1.82) is 0 Å². The number of rotatable bonds is 9. The second-order valence-electron chi connectivity index (χ2n) is 7.16. The van der Waals surface area contributed by atoms with Gasteiger partial charge in [-0.2, -0.15) is 0 Å². The highest BCUT2D eigenvalue weighted by Gasteiger charge is 2.11. The zero-order valence-corrected chi connectivity index (χ0v) is 16.9. The number of halogens is 1. The van der Waals surface area contributed by atoms with Crippen molar-refractivity contribution >= 4 is 22.4 Å². The van der Waals surface area contributed by atoms with Crippen LogP contribution in [0.25, 0.3) is 10.9 Å². The second-order valence-corrected chi connectivity index (χ2v) is 7.16. The molecule has 0 spiro atoms. The third-order valence-electron chi connectivity index (χ3n) is 5.03. The molecular weight excluding hydrogens is 384 g/mol. The summed E-state index contributed by atoms with van der Waals surface area (Å²) in [5.41, 5.74) is 2.62. The van der Waals surface area contributed by atoms with E-state index in [1.54, 1.807) is 12.3 Å². The summed E-state index contributed by atoms with van der Waals surface area (Å²) in [7, 11) is 0. The fourth-order valence-corrected chi connectivity index (χ4v) is 3.50. The molecule has 1 saturated heterocycles. The van der Waals surface area contributed by atoms with E-state index in [4.69, 9.17) is 9.47 Å². The van der Waals surface area contributed by atoms with Gasteiger partial charge in [-0.1, -0.05) is 6.07 Å². The van der Waals surface area contributed by atoms with E-state index in [9.17, 15) is 4.39 Å². The summed E-state index contributed by atoms with van der Waals surface area (Å²) in [6, 6.07) is 9.46. The number of pyridine rings is 1. The lowest BCUT2D eigenvalue weighted by atomic mass is 10.1. The van der Waals surface area contributed by atoms with Gasteiger partial charge < -0.3 is 14.8 Å². The maximum atomic E-state index is 12.4. The van der Waals surface area contributed by atoms with Gasteiger partial charge in [-0.3, -0.25) is 9.88 Å². The molecule has 1 N–H and O–H groups in total. The average Bonchev–Trinajstić information content (AvgIpc) is 2.79. The molecule has 1 aliphatic heterocycles. The van der Waals surface area contributed by atoms with Gasteiger partial charge in [-0.05, 0) is 37.6 Å². The number of aryl methyl sites for hydroxylation is 1. The Bertz CT molecular complexity index is 965. The number of ether oxygens (including phenoxy) is 2. The van der Waals surface area contributed by atoms with Crippen LogP contribution in [0.1, 0.15) is 12.1 Å². The van der Waals surface area contributed by atoms with Gasteiger partial charge in [0.2, 0.25) is 0 Å². The van der Waals surface area contributed by atoms with E-state index in [1.807, 2.05) is 18.2 Å². The van der Waals surface area contributed by atoms with Crippen LogP contribution >= 0.6 is 0 Å². The van der Waals surface area contributed by atoms with Crippen LogP contribution in [-0.2, 0) is 11.2 Å². The smallest absolute Gasteiger partial charge is 0.141 e. The number of fused-ring (bicyclic) bond motifs is 1. The Kier molecular flexibility index (Phi) is 6.99. The van der Waals surface area contributed by atoms with E-state index in [0.29, 0.717) is 11.6 Å². The Labute approximate surface area is 175 Å². The minimum Gasteiger partial charge on any atom is -0.491 e. The Hall–Kier alpha value is -2.84. The number of anilines is 2. The van der Waals surface area contributed by atoms with E-state index >= 15 is 0 Å². The Morgan fingerprint density at radius 1 is 1.13 bits per heavy atom. The molecule has 0 bridgehead atoms. The summed E-state index contributed by atoms with van der Waals surface area (Å²) < 4.78 is 23.1. The van der Waals surface area contributed by atoms with E-state index in [0.717, 1.165) is 68.0 Å². The first kappa shape index (κ1) is 20.4. The molecule has 0 aliphatic carbocycles. The lowest BCUT2D eigenvalue weighted by Crippen LogP contribution is -2.36. The Morgan fingerprint density at radius 3 is 2.90 bits per heavy atom. The maximum absolute atomic E-state index is 12.4. The standard InChI is InChI=1S/C22H26FN5O2/c23-6-10-30-19-5-1-3-18(13-19)27-22-20-14-17(24-15-21(20)25-16-26-22)4-2-7-28-8-11-29-12-9-28/h1,3,5,13-16H,2,4,6-12H2,(H,25,26,27)/i23-1. The Morgan fingerprint density at radius 2 is 2.03 bits per heavy atom. The van der Waals surface area contributed by atoms with Gasteiger partial charge in [-0.25, -0.2) is 14.4 Å². The first-order chi connectivity index (χ1) is 14.8. The van der Waals surface area contributed by atoms with Crippen LogP contribution in [0.5, 0.6) is 5.75 Å². The quantitative estimate of drug-likeness (QED) is 0.580. The van der Waals surface area contributed by atoms with Gasteiger partial charge in [0.05, 0.1) is 24.9 Å². The molecule has 3 aromatic rings. The molecule has 0 atom stereocenters. The number of nitrogens with one attached hydrogen (secondary N) is 1. The SMILES string of the molecule is [18F]CCOc1cccc(Nc2ncnc3cnc(CCCN4CCOCC4)cc23)c1. The van der Waals surface area contributed by atoms with Gasteiger partial charge >= 0.3 is 0 Å². The number of alkyl halides is 1. The molecule has 0 saturated carbocycles. The predicted molar refractivity (Wildman–Crippen MR) is 114 cm³/mol. The molecule has 158 valence electrons. The molecule has 1 fully saturated rings. The van der Waals surface area contributed by atoms with Gasteiger partial charge in [-0.15, -0.1) is 0 Å². The Balaban J connectivity index is 1.46. The highest BCUT2D eigenvalue weighted by atomic mass is 18.2. The van der Waals surface area contributed by atoms with E-state index < -0.39 is 6.67 Å². The van der Waals surface area contributed by atoms with Gasteiger partial charge in [0, 0.05) is 35.9 Å². The van der Waals surface area contributed by atoms with Crippen molar-refractivity contribution in [3.8, 4) is 5.75 Å². The predicted octanol–water partition coefficient (Wildman–Crippen LogP) is 3.38. The van der Waals surface area contributed by atoms with Crippen LogP contribution in [-0.4, -0.2) is 66.0 Å². The number of nitrogens with zero attached hydrogens (tertiary/aromatic N) is 4. The van der Waals surface area contributed by atoms with E-state index in [2.05, 4.69) is 31.2 Å². The van der Waals surface area contributed by atoms with Crippen molar-refractivity contribution in [3.05, 3.63) is 48.5 Å². The molecule has 1 aromatic carbocycles. The zero-order chi connectivity index (χ0) is 20.6. The largest absolute Gasteiger partial charge is 0.491 e. The number of hydrogen-bond donors (Lipinski definition) is 1. The van der Waals surface area contributed by atoms with Crippen molar-refractivity contribution in [3.63, 3.8) is 0 Å². The summed E-state index contributed by atoms with van der Waals surface area (Å²) in [6.45, 7) is 4.21. The van der Waals surface area contributed by atoms with Crippen molar-refractivity contribution in [1.82, 2.24) is 19.9 Å². The summed E-state index contributed by atoms with van der Waals surface area (Å²) >= 11 is 0. The number of aromatic nitrogens is 3. The number of benzene rings is 1. The molecule has 0 radical (unpaired) electrons. The molecule has 0 amide bonds. The van der Waals surface area contributed by atoms with Crippen molar-refractivity contribution < 1.29 is 13.9 Å². The molecule has 30 heavy (non-hydrogen) atoms. The fourth-order valence-electron chi connectivity index (χ4n) is 3.50. The first-order valence-corrected chi connectivity index (χ1v) is 10.3. The van der Waals surface area contributed by atoms with Gasteiger partial charge in [0.1, 0.15) is 31.2 Å². The van der Waals surface area contributed by atoms with Crippen LogP contribution in [0.4, 0.5) is 15.9 Å². The first-order valence-electron chi connectivity index (χ1n) is 10.3. The molecule has 4 rings (SSSR count). The van der Waals surface area contributed by atoms with Gasteiger partial charge in [0.15, 0.2) is 0 Å². The third-order valence-corrected chi connectivity index (χ3v) is 5.03. The maximum Gasteiger partial charge on any atom is 0.141 e. The monoisotopic (exact) mass is 410 g/mol. The molecular formula is C22H26FN5O2. The normalized spacial score (nSPS) is 14.7. The van der Waals surface area contributed by atoms with Crippen LogP contribution in [0.15, 0.2) is 42.9 Å². The molecule has 3 heterocycles. The topological polar surface area (TPSA) is 72.4 Å². The minimum atomic E-state index is -0.518. The van der Waals surface area contributed by atoms with Crippen LogP contribution in [0, 0.1) is 0 Å². The van der Waals surface area contributed by atoms with E-state index in [-0.39, 0.29) is 6.61 Å². The average molecular weight is 410 g/mol. The lowest BCUT2D eigenvalue weighted by molar-refractivity contribution is 0.0374. The van der Waals surface area contributed by atoms with E-state index in [1.165, 1.54) is 6.33 Å². The van der Waals surface area contributed by atoms with Crippen molar-refractivity contribution in [2.24, 2.45) is 0 Å². The highest BCUT2D eigenvalue weighted by Crippen LogP contribution is 2.25. The molecule has 2 aromatic heterocycles. The summed E-state index contributed by atoms with van der Waals surface area (Å²) in [5, 5.41) is 4.24.